The van der Waals surface area contributed by atoms with Crippen molar-refractivity contribution in [2.75, 3.05) is 21.2 Å². The summed E-state index contributed by atoms with van der Waals surface area (Å²) in [4.78, 5) is 64.9. The smallest absolute Gasteiger partial charge is 0.309 e. The van der Waals surface area contributed by atoms with Gasteiger partial charge in [-0.2, -0.15) is 0 Å². The number of likely N-dealkylation sites (N-methyl/N-ethyl adjacent to an activating group) is 1. The molecular weight excluding hydrogens is 786 g/mol. The summed E-state index contributed by atoms with van der Waals surface area (Å²) in [7, 11) is 4.84. The van der Waals surface area contributed by atoms with Crippen molar-refractivity contribution < 1.29 is 76.8 Å². The van der Waals surface area contributed by atoms with Gasteiger partial charge in [0.25, 0.3) is 0 Å². The summed E-state index contributed by atoms with van der Waals surface area (Å²) in [6.45, 7) is 13.1. The van der Waals surface area contributed by atoms with E-state index in [9.17, 15) is 34.2 Å². The Labute approximate surface area is 354 Å². The van der Waals surface area contributed by atoms with Crippen molar-refractivity contribution in [3.63, 3.8) is 0 Å². The highest BCUT2D eigenvalue weighted by atomic mass is 16.7. The molecule has 60 heavy (non-hydrogen) atoms. The second-order valence-electron chi connectivity index (χ2n) is 16.5. The number of methoxy groups -OCH3 is 1. The summed E-state index contributed by atoms with van der Waals surface area (Å²) >= 11 is 0. The Morgan fingerprint density at radius 3 is 2.22 bits per heavy atom. The number of esters is 4. The molecule has 3 heterocycles. The van der Waals surface area contributed by atoms with E-state index in [0.29, 0.717) is 12.7 Å². The number of hydrogen-bond acceptors (Lipinski definition) is 17. The lowest BCUT2D eigenvalue weighted by Gasteiger charge is -2.50. The highest BCUT2D eigenvalue weighted by Crippen LogP contribution is 2.39. The van der Waals surface area contributed by atoms with E-state index < -0.39 is 127 Å². The van der Waals surface area contributed by atoms with E-state index in [-0.39, 0.29) is 32.1 Å². The van der Waals surface area contributed by atoms with Gasteiger partial charge in [0.15, 0.2) is 24.3 Å². The van der Waals surface area contributed by atoms with Crippen molar-refractivity contribution in [3.05, 3.63) is 24.3 Å². The third-order valence-electron chi connectivity index (χ3n) is 11.2. The van der Waals surface area contributed by atoms with Crippen LogP contribution in [0.3, 0.4) is 0 Å². The van der Waals surface area contributed by atoms with Crippen LogP contribution in [0.2, 0.25) is 0 Å². The summed E-state index contributed by atoms with van der Waals surface area (Å²) in [5.41, 5.74) is -1.32. The van der Waals surface area contributed by atoms with Crippen molar-refractivity contribution in [2.45, 2.75) is 186 Å². The lowest BCUT2D eigenvalue weighted by molar-refractivity contribution is -0.344. The number of rotatable bonds is 13. The van der Waals surface area contributed by atoms with Crippen molar-refractivity contribution in [1.82, 2.24) is 4.90 Å². The zero-order chi connectivity index (χ0) is 44.9. The zero-order valence-electron chi connectivity index (χ0n) is 37.1. The quantitative estimate of drug-likeness (QED) is 0.155. The number of aliphatic hydroxyl groups excluding tert-OH is 2. The second-order valence-corrected chi connectivity index (χ2v) is 16.5. The molecule has 3 rings (SSSR count). The molecule has 16 atom stereocenters. The fraction of sp³-hybridized carbons (Fsp3) is 0.791. The van der Waals surface area contributed by atoms with E-state index in [0.717, 1.165) is 0 Å². The highest BCUT2D eigenvalue weighted by Gasteiger charge is 2.54. The molecule has 0 radical (unpaired) electrons. The molecule has 0 aliphatic carbocycles. The van der Waals surface area contributed by atoms with Crippen LogP contribution in [-0.4, -0.2) is 152 Å². The van der Waals surface area contributed by atoms with Gasteiger partial charge in [-0.1, -0.05) is 45.1 Å². The number of aliphatic hydroxyl groups is 2. The lowest BCUT2D eigenvalue weighted by Crippen LogP contribution is -2.66. The molecule has 0 spiro atoms. The molecular formula is C43H69NO16. The van der Waals surface area contributed by atoms with E-state index in [1.54, 1.807) is 84.8 Å². The summed E-state index contributed by atoms with van der Waals surface area (Å²) < 4.78 is 54.8. The average Bonchev–Trinajstić information content (AvgIpc) is 3.16. The highest BCUT2D eigenvalue weighted by molar-refractivity contribution is 5.73. The number of hydrogen-bond donors (Lipinski definition) is 2. The lowest BCUT2D eigenvalue weighted by atomic mass is 9.82. The molecule has 0 amide bonds. The average molecular weight is 856 g/mol. The van der Waals surface area contributed by atoms with Crippen LogP contribution < -0.4 is 0 Å². The molecule has 17 heteroatoms. The van der Waals surface area contributed by atoms with Crippen LogP contribution in [0.5, 0.6) is 0 Å². The number of allylic oxidation sites excluding steroid dienone is 2. The Hall–Kier alpha value is -3.29. The van der Waals surface area contributed by atoms with Crippen LogP contribution in [0, 0.1) is 11.8 Å². The molecule has 342 valence electrons. The minimum absolute atomic E-state index is 0.00996. The monoisotopic (exact) mass is 855 g/mol. The van der Waals surface area contributed by atoms with Crippen LogP contribution in [0.4, 0.5) is 0 Å². The first-order valence-corrected chi connectivity index (χ1v) is 21.0. The van der Waals surface area contributed by atoms with Gasteiger partial charge in [-0.05, 0) is 60.0 Å². The van der Waals surface area contributed by atoms with Crippen LogP contribution >= 0.6 is 0 Å². The molecule has 17 nitrogen and oxygen atoms in total. The molecule has 3 aliphatic heterocycles. The number of ether oxygens (including phenoxy) is 9. The van der Waals surface area contributed by atoms with Crippen LogP contribution in [0.1, 0.15) is 100 Å². The van der Waals surface area contributed by atoms with Crippen molar-refractivity contribution in [1.29, 1.82) is 0 Å². The third kappa shape index (κ3) is 14.1. The van der Waals surface area contributed by atoms with Gasteiger partial charge in [-0.25, -0.2) is 0 Å². The fourth-order valence-electron chi connectivity index (χ4n) is 8.23. The Kier molecular flexibility index (Phi) is 20.3. The Morgan fingerprint density at radius 2 is 1.62 bits per heavy atom. The number of carbonyl (C=O) groups excluding carboxylic acids is 5. The maximum Gasteiger partial charge on any atom is 0.309 e. The zero-order valence-corrected chi connectivity index (χ0v) is 37.1. The van der Waals surface area contributed by atoms with Gasteiger partial charge < -0.3 is 62.5 Å². The van der Waals surface area contributed by atoms with Gasteiger partial charge >= 0.3 is 23.9 Å². The van der Waals surface area contributed by atoms with E-state index in [2.05, 4.69) is 0 Å². The molecule has 0 bridgehead atoms. The first kappa shape index (κ1) is 51.1. The summed E-state index contributed by atoms with van der Waals surface area (Å²) in [6.07, 6.45) is -4.41. The first-order chi connectivity index (χ1) is 28.3. The van der Waals surface area contributed by atoms with Gasteiger partial charge in [0.05, 0.1) is 36.9 Å². The molecule has 16 unspecified atom stereocenters. The van der Waals surface area contributed by atoms with Crippen molar-refractivity contribution >= 4 is 30.2 Å². The standard InChI is InChI=1S/C43H69NO16/c1-12-32(48)56-31-22-34(50)53-25(4)17-15-14-16-18-30(47)24(3)21-29(19-20-45)39(40(31)52-11)59-42-37(51)36(44(9)10)38(26(5)55-42)58-35-23-43(8,60-28(7)46)41(27(6)54-35)57-33(49)13-2/h14-16,18,20,24-27,29-31,35-42,47,51H,12-13,17,19,21-23H2,1-11H3. The Balaban J connectivity index is 2.04. The van der Waals surface area contributed by atoms with Crippen LogP contribution in [0.15, 0.2) is 24.3 Å². The minimum Gasteiger partial charge on any atom is -0.462 e. The van der Waals surface area contributed by atoms with E-state index >= 15 is 0 Å². The van der Waals surface area contributed by atoms with Gasteiger partial charge in [0.1, 0.15) is 36.8 Å². The van der Waals surface area contributed by atoms with Gasteiger partial charge in [0.2, 0.25) is 0 Å². The normalized spacial score (nSPS) is 38.4. The largest absolute Gasteiger partial charge is 0.462 e. The summed E-state index contributed by atoms with van der Waals surface area (Å²) in [6, 6.07) is -0.811. The third-order valence-corrected chi connectivity index (χ3v) is 11.2. The maximum absolute atomic E-state index is 13.4. The van der Waals surface area contributed by atoms with E-state index in [1.165, 1.54) is 14.0 Å². The minimum atomic E-state index is -1.42. The van der Waals surface area contributed by atoms with E-state index in [1.807, 2.05) is 6.92 Å². The predicted molar refractivity (Wildman–Crippen MR) is 215 cm³/mol. The van der Waals surface area contributed by atoms with Crippen molar-refractivity contribution in [3.8, 4) is 0 Å². The number of cyclic esters (lactones) is 1. The summed E-state index contributed by atoms with van der Waals surface area (Å²) in [5.74, 6) is -3.47. The second kappa shape index (κ2) is 23.8. The molecule has 0 saturated carbocycles. The SMILES string of the molecule is CCC(=O)OC1CC(=O)OC(C)CC=CC=CC(O)C(C)CC(CC=O)C(OC2OC(C)C(OC3CC(C)(OC(C)=O)C(OC(=O)CC)C(C)O3)C(N(C)C)C2O)C1OC. The summed E-state index contributed by atoms with van der Waals surface area (Å²) in [5, 5.41) is 23.3. The Morgan fingerprint density at radius 1 is 0.950 bits per heavy atom. The number of nitrogens with zero attached hydrogens (tertiary/aromatic N) is 1. The van der Waals surface area contributed by atoms with Gasteiger partial charge in [-0.3, -0.25) is 19.2 Å². The molecule has 2 fully saturated rings. The van der Waals surface area contributed by atoms with Crippen molar-refractivity contribution in [2.24, 2.45) is 11.8 Å². The van der Waals surface area contributed by atoms with Gasteiger partial charge in [-0.15, -0.1) is 0 Å². The van der Waals surface area contributed by atoms with Gasteiger partial charge in [0, 0.05) is 46.1 Å². The molecule has 3 aliphatic rings. The first-order valence-electron chi connectivity index (χ1n) is 21.0. The molecule has 0 aromatic carbocycles. The molecule has 2 N–H and O–H groups in total. The molecule has 0 aromatic rings. The molecule has 0 aromatic heterocycles. The maximum atomic E-state index is 13.4. The number of aldehydes is 1. The fourth-order valence-corrected chi connectivity index (χ4v) is 8.23. The van der Waals surface area contributed by atoms with Crippen LogP contribution in [-0.2, 0) is 66.6 Å². The Bertz CT molecular complexity index is 1470. The topological polar surface area (TPSA) is 212 Å². The number of carbonyl (C=O) groups is 5. The van der Waals surface area contributed by atoms with E-state index in [4.69, 9.17) is 42.6 Å². The predicted octanol–water partition coefficient (Wildman–Crippen LogP) is 3.34. The van der Waals surface area contributed by atoms with Crippen LogP contribution in [0.25, 0.3) is 0 Å². The molecule has 2 saturated heterocycles.